The topological polar surface area (TPSA) is 0 Å². The van der Waals surface area contributed by atoms with E-state index >= 15 is 0 Å². The molecule has 0 aliphatic carbocycles. The van der Waals surface area contributed by atoms with Crippen LogP contribution in [0.15, 0.2) is 12.2 Å². The van der Waals surface area contributed by atoms with E-state index in [9.17, 15) is 0 Å². The third-order valence-electron chi connectivity index (χ3n) is 3.64. The molecule has 0 fully saturated rings. The molecular formula is C18H36. The minimum absolute atomic E-state index is 0.896. The second-order valence-corrected chi connectivity index (χ2v) is 6.08. The zero-order valence-corrected chi connectivity index (χ0v) is 13.2. The van der Waals surface area contributed by atoms with Crippen molar-refractivity contribution in [3.05, 3.63) is 12.2 Å². The Balaban J connectivity index is 2.94. The summed E-state index contributed by atoms with van der Waals surface area (Å²) >= 11 is 0. The first-order valence-corrected chi connectivity index (χ1v) is 8.38. The van der Waals surface area contributed by atoms with Gasteiger partial charge in [-0.2, -0.15) is 0 Å². The van der Waals surface area contributed by atoms with Gasteiger partial charge in [0, 0.05) is 0 Å². The third-order valence-corrected chi connectivity index (χ3v) is 3.64. The van der Waals surface area contributed by atoms with Crippen molar-refractivity contribution >= 4 is 0 Å². The van der Waals surface area contributed by atoms with Gasteiger partial charge in [-0.25, -0.2) is 0 Å². The highest BCUT2D eigenvalue weighted by Gasteiger charge is 1.95. The maximum atomic E-state index is 2.33. The Labute approximate surface area is 116 Å². The fraction of sp³-hybridized carbons (Fsp3) is 0.889. The molecule has 0 heterocycles. The lowest BCUT2D eigenvalue weighted by atomic mass is 10.0. The van der Waals surface area contributed by atoms with E-state index < -0.39 is 0 Å². The first-order valence-electron chi connectivity index (χ1n) is 8.38. The summed E-state index contributed by atoms with van der Waals surface area (Å²) in [7, 11) is 0. The Hall–Kier alpha value is -0.260. The molecule has 0 aliphatic rings. The van der Waals surface area contributed by atoms with Crippen LogP contribution in [0.5, 0.6) is 0 Å². The quantitative estimate of drug-likeness (QED) is 0.247. The fourth-order valence-electron chi connectivity index (χ4n) is 2.40. The van der Waals surface area contributed by atoms with E-state index in [4.69, 9.17) is 0 Å². The summed E-state index contributed by atoms with van der Waals surface area (Å²) in [5.41, 5.74) is 0. The third kappa shape index (κ3) is 15.7. The van der Waals surface area contributed by atoms with Crippen molar-refractivity contribution in [2.75, 3.05) is 0 Å². The molecule has 0 aromatic heterocycles. The van der Waals surface area contributed by atoms with Crippen molar-refractivity contribution in [1.29, 1.82) is 0 Å². The van der Waals surface area contributed by atoms with Crippen LogP contribution in [0, 0.1) is 5.92 Å². The summed E-state index contributed by atoms with van der Waals surface area (Å²) in [4.78, 5) is 0. The van der Waals surface area contributed by atoms with E-state index in [0.717, 1.165) is 5.92 Å². The zero-order valence-electron chi connectivity index (χ0n) is 13.2. The normalized spacial score (nSPS) is 11.8. The highest BCUT2D eigenvalue weighted by molar-refractivity contribution is 4.76. The Bertz CT molecular complexity index is 167. The lowest BCUT2D eigenvalue weighted by Crippen LogP contribution is -1.87. The molecule has 108 valence electrons. The van der Waals surface area contributed by atoms with E-state index in [0.29, 0.717) is 0 Å². The largest absolute Gasteiger partial charge is 0.0917 e. The predicted octanol–water partition coefficient (Wildman–Crippen LogP) is 6.90. The van der Waals surface area contributed by atoms with Crippen molar-refractivity contribution in [3.8, 4) is 0 Å². The first-order chi connectivity index (χ1) is 8.77. The second kappa shape index (κ2) is 14.8. The smallest absolute Gasteiger partial charge is 0.0351 e. The molecule has 0 aromatic rings. The molecule has 0 rings (SSSR count). The minimum atomic E-state index is 0.896. The van der Waals surface area contributed by atoms with Gasteiger partial charge in [-0.15, -0.1) is 0 Å². The van der Waals surface area contributed by atoms with Crippen LogP contribution in [0.2, 0.25) is 0 Å². The number of hydrogen-bond donors (Lipinski definition) is 0. The molecule has 0 bridgehead atoms. The number of unbranched alkanes of at least 4 members (excludes halogenated alkanes) is 10. The molecule has 18 heavy (non-hydrogen) atoms. The van der Waals surface area contributed by atoms with Crippen LogP contribution in [0.3, 0.4) is 0 Å². The molecule has 0 aliphatic heterocycles. The number of rotatable bonds is 13. The Morgan fingerprint density at radius 2 is 1.11 bits per heavy atom. The molecule has 0 nitrogen and oxygen atoms in total. The van der Waals surface area contributed by atoms with Crippen molar-refractivity contribution in [3.63, 3.8) is 0 Å². The average molecular weight is 252 g/mol. The van der Waals surface area contributed by atoms with Crippen LogP contribution in [0.1, 0.15) is 97.8 Å². The van der Waals surface area contributed by atoms with Gasteiger partial charge in [-0.1, -0.05) is 90.2 Å². The molecule has 0 heteroatoms. The lowest BCUT2D eigenvalue weighted by molar-refractivity contribution is 0.505. The van der Waals surface area contributed by atoms with E-state index in [1.807, 2.05) is 0 Å². The van der Waals surface area contributed by atoms with Crippen LogP contribution < -0.4 is 0 Å². The summed E-state index contributed by atoms with van der Waals surface area (Å²) < 4.78 is 0. The van der Waals surface area contributed by atoms with Crippen molar-refractivity contribution in [2.45, 2.75) is 97.8 Å². The van der Waals surface area contributed by atoms with Gasteiger partial charge in [0.15, 0.2) is 0 Å². The van der Waals surface area contributed by atoms with Gasteiger partial charge in [-0.05, 0) is 25.7 Å². The Kier molecular flexibility index (Phi) is 14.6. The standard InChI is InChI=1S/C18H36/c1-4-5-6-7-8-9-10-11-12-13-14-15-16-17-18(2)3/h4-5,18H,6-17H2,1-3H3/b5-4+. The first kappa shape index (κ1) is 17.7. The van der Waals surface area contributed by atoms with Crippen molar-refractivity contribution in [1.82, 2.24) is 0 Å². The van der Waals surface area contributed by atoms with E-state index in [1.54, 1.807) is 0 Å². The maximum absolute atomic E-state index is 2.33. The molecule has 0 saturated heterocycles. The second-order valence-electron chi connectivity index (χ2n) is 6.08. The molecular weight excluding hydrogens is 216 g/mol. The molecule has 0 spiro atoms. The molecule has 0 unspecified atom stereocenters. The lowest BCUT2D eigenvalue weighted by Gasteiger charge is -2.04. The molecule has 0 atom stereocenters. The number of allylic oxidation sites excluding steroid dienone is 2. The maximum Gasteiger partial charge on any atom is -0.0351 e. The van der Waals surface area contributed by atoms with Crippen LogP contribution in [-0.2, 0) is 0 Å². The van der Waals surface area contributed by atoms with Crippen LogP contribution in [0.4, 0.5) is 0 Å². The summed E-state index contributed by atoms with van der Waals surface area (Å²) in [6.45, 7) is 6.77. The summed E-state index contributed by atoms with van der Waals surface area (Å²) in [6.07, 6.45) is 21.7. The number of hydrogen-bond acceptors (Lipinski definition) is 0. The SMILES string of the molecule is C/C=C/CCCCCCCCCCCCC(C)C. The zero-order chi connectivity index (χ0) is 13.5. The Morgan fingerprint density at radius 3 is 1.56 bits per heavy atom. The van der Waals surface area contributed by atoms with Gasteiger partial charge in [0.05, 0.1) is 0 Å². The fourth-order valence-corrected chi connectivity index (χ4v) is 2.40. The summed E-state index contributed by atoms with van der Waals surface area (Å²) in [6, 6.07) is 0. The van der Waals surface area contributed by atoms with E-state index in [2.05, 4.69) is 32.9 Å². The van der Waals surface area contributed by atoms with Gasteiger partial charge in [-0.3, -0.25) is 0 Å². The highest BCUT2D eigenvalue weighted by Crippen LogP contribution is 2.13. The Morgan fingerprint density at radius 1 is 0.667 bits per heavy atom. The van der Waals surface area contributed by atoms with Crippen molar-refractivity contribution < 1.29 is 0 Å². The van der Waals surface area contributed by atoms with Gasteiger partial charge in [0.2, 0.25) is 0 Å². The minimum Gasteiger partial charge on any atom is -0.0917 e. The molecule has 0 saturated carbocycles. The summed E-state index contributed by atoms with van der Waals surface area (Å²) in [5.74, 6) is 0.896. The molecule has 0 N–H and O–H groups in total. The average Bonchev–Trinajstić information content (AvgIpc) is 2.34. The van der Waals surface area contributed by atoms with E-state index in [1.165, 1.54) is 77.0 Å². The van der Waals surface area contributed by atoms with Gasteiger partial charge < -0.3 is 0 Å². The van der Waals surface area contributed by atoms with Crippen LogP contribution >= 0.6 is 0 Å². The van der Waals surface area contributed by atoms with Gasteiger partial charge in [0.1, 0.15) is 0 Å². The summed E-state index contributed by atoms with van der Waals surface area (Å²) in [5, 5.41) is 0. The molecule has 0 aromatic carbocycles. The van der Waals surface area contributed by atoms with Gasteiger partial charge >= 0.3 is 0 Å². The van der Waals surface area contributed by atoms with Crippen molar-refractivity contribution in [2.24, 2.45) is 5.92 Å². The molecule has 0 radical (unpaired) electrons. The van der Waals surface area contributed by atoms with Crippen LogP contribution in [-0.4, -0.2) is 0 Å². The molecule has 0 amide bonds. The van der Waals surface area contributed by atoms with Gasteiger partial charge in [0.25, 0.3) is 0 Å². The predicted molar refractivity (Wildman–Crippen MR) is 85.1 cm³/mol. The van der Waals surface area contributed by atoms with Crippen LogP contribution in [0.25, 0.3) is 0 Å². The highest BCUT2D eigenvalue weighted by atomic mass is 14.0. The van der Waals surface area contributed by atoms with E-state index in [-0.39, 0.29) is 0 Å². The monoisotopic (exact) mass is 252 g/mol.